The van der Waals surface area contributed by atoms with E-state index in [1.807, 2.05) is 0 Å². The molecule has 0 atom stereocenters. The van der Waals surface area contributed by atoms with Gasteiger partial charge in [0.05, 0.1) is 25.6 Å². The van der Waals surface area contributed by atoms with Crippen molar-refractivity contribution in [3.63, 3.8) is 0 Å². The highest BCUT2D eigenvalue weighted by atomic mass is 32.2. The zero-order valence-electron chi connectivity index (χ0n) is 12.7. The maximum atomic E-state index is 14.0. The van der Waals surface area contributed by atoms with Gasteiger partial charge in [0.15, 0.2) is 17.5 Å². The lowest BCUT2D eigenvalue weighted by Crippen LogP contribution is -2.31. The number of hydrogen-bond donors (Lipinski definition) is 0. The zero-order valence-corrected chi connectivity index (χ0v) is 13.5. The molecule has 0 bridgehead atoms. The number of benzene rings is 1. The summed E-state index contributed by atoms with van der Waals surface area (Å²) in [5, 5.41) is 0. The molecule has 0 radical (unpaired) electrons. The summed E-state index contributed by atoms with van der Waals surface area (Å²) in [6.45, 7) is -0.483. The lowest BCUT2D eigenvalue weighted by molar-refractivity contribution is 0.328. The molecule has 2 aromatic heterocycles. The van der Waals surface area contributed by atoms with Gasteiger partial charge in [0.2, 0.25) is 10.0 Å². The van der Waals surface area contributed by atoms with Crippen molar-refractivity contribution in [1.82, 2.24) is 4.31 Å². The van der Waals surface area contributed by atoms with E-state index in [0.717, 1.165) is 4.31 Å². The molecule has 0 N–H and O–H groups in total. The first-order valence-corrected chi connectivity index (χ1v) is 8.52. The average molecular weight is 371 g/mol. The van der Waals surface area contributed by atoms with Gasteiger partial charge in [-0.2, -0.15) is 4.31 Å². The molecule has 3 aromatic rings. The number of rotatable bonds is 6. The molecule has 9 heteroatoms. The van der Waals surface area contributed by atoms with Crippen LogP contribution in [0.1, 0.15) is 11.5 Å². The summed E-state index contributed by atoms with van der Waals surface area (Å²) >= 11 is 0. The van der Waals surface area contributed by atoms with Gasteiger partial charge in [0.1, 0.15) is 16.4 Å². The molecule has 132 valence electrons. The minimum atomic E-state index is -4.49. The van der Waals surface area contributed by atoms with Crippen LogP contribution >= 0.6 is 0 Å². The quantitative estimate of drug-likeness (QED) is 0.620. The Labute approximate surface area is 141 Å². The van der Waals surface area contributed by atoms with Gasteiger partial charge in [-0.15, -0.1) is 0 Å². The predicted molar refractivity (Wildman–Crippen MR) is 80.2 cm³/mol. The normalized spacial score (nSPS) is 12.0. The number of halogens is 3. The van der Waals surface area contributed by atoms with E-state index in [-0.39, 0.29) is 24.6 Å². The summed E-state index contributed by atoms with van der Waals surface area (Å²) in [6.07, 6.45) is 2.70. The third-order valence-electron chi connectivity index (χ3n) is 3.44. The van der Waals surface area contributed by atoms with Gasteiger partial charge in [-0.1, -0.05) is 0 Å². The van der Waals surface area contributed by atoms with Crippen molar-refractivity contribution >= 4 is 10.0 Å². The summed E-state index contributed by atoms with van der Waals surface area (Å²) < 4.78 is 77.2. The maximum absolute atomic E-state index is 14.0. The zero-order chi connectivity index (χ0) is 18.0. The predicted octanol–water partition coefficient (Wildman–Crippen LogP) is 3.68. The van der Waals surface area contributed by atoms with Crippen molar-refractivity contribution in [3.8, 4) is 0 Å². The van der Waals surface area contributed by atoms with Gasteiger partial charge < -0.3 is 8.83 Å². The number of nitrogens with zero attached hydrogens (tertiary/aromatic N) is 1. The third-order valence-corrected chi connectivity index (χ3v) is 5.25. The number of sulfonamides is 1. The van der Waals surface area contributed by atoms with Crippen LogP contribution in [0.2, 0.25) is 0 Å². The standard InChI is InChI=1S/C16H12F3NO4S/c17-13-5-6-14(16(19)15(13)18)25(21,22)20(9-11-3-1-7-23-11)10-12-4-2-8-24-12/h1-8H,9-10H2. The Bertz CT molecular complexity index is 917. The van der Waals surface area contributed by atoms with E-state index in [9.17, 15) is 21.6 Å². The topological polar surface area (TPSA) is 63.7 Å². The Hall–Kier alpha value is -2.52. The fourth-order valence-corrected chi connectivity index (χ4v) is 3.65. The Kier molecular flexibility index (Phi) is 4.69. The highest BCUT2D eigenvalue weighted by Gasteiger charge is 2.31. The van der Waals surface area contributed by atoms with Crippen LogP contribution in [-0.4, -0.2) is 12.7 Å². The van der Waals surface area contributed by atoms with E-state index >= 15 is 0 Å². The SMILES string of the molecule is O=S(=O)(c1ccc(F)c(F)c1F)N(Cc1ccco1)Cc1ccco1. The summed E-state index contributed by atoms with van der Waals surface area (Å²) in [6, 6.07) is 7.43. The van der Waals surface area contributed by atoms with Crippen molar-refractivity contribution in [1.29, 1.82) is 0 Å². The average Bonchev–Trinajstić information content (AvgIpc) is 3.25. The summed E-state index contributed by atoms with van der Waals surface area (Å²) in [5.74, 6) is -4.52. The second kappa shape index (κ2) is 6.77. The van der Waals surface area contributed by atoms with Crippen LogP contribution in [0.25, 0.3) is 0 Å². The first-order chi connectivity index (χ1) is 11.9. The Balaban J connectivity index is 2.02. The number of hydrogen-bond acceptors (Lipinski definition) is 4. The van der Waals surface area contributed by atoms with Gasteiger partial charge >= 0.3 is 0 Å². The van der Waals surface area contributed by atoms with Crippen molar-refractivity contribution in [2.45, 2.75) is 18.0 Å². The van der Waals surface area contributed by atoms with E-state index in [1.165, 1.54) is 24.7 Å². The van der Waals surface area contributed by atoms with Crippen LogP contribution in [-0.2, 0) is 23.1 Å². The van der Waals surface area contributed by atoms with Gasteiger partial charge in [0.25, 0.3) is 0 Å². The first-order valence-electron chi connectivity index (χ1n) is 7.08. The summed E-state index contributed by atoms with van der Waals surface area (Å²) in [4.78, 5) is -0.968. The maximum Gasteiger partial charge on any atom is 0.246 e. The van der Waals surface area contributed by atoms with E-state index in [0.29, 0.717) is 12.1 Å². The Morgan fingerprint density at radius 1 is 0.840 bits per heavy atom. The van der Waals surface area contributed by atoms with Gasteiger partial charge in [0, 0.05) is 0 Å². The number of furan rings is 2. The lowest BCUT2D eigenvalue weighted by Gasteiger charge is -2.20. The van der Waals surface area contributed by atoms with E-state index < -0.39 is 32.4 Å². The molecule has 3 rings (SSSR count). The smallest absolute Gasteiger partial charge is 0.246 e. The molecule has 5 nitrogen and oxygen atoms in total. The highest BCUT2D eigenvalue weighted by molar-refractivity contribution is 7.89. The van der Waals surface area contributed by atoms with Crippen molar-refractivity contribution in [2.24, 2.45) is 0 Å². The second-order valence-electron chi connectivity index (χ2n) is 5.11. The molecule has 0 unspecified atom stereocenters. The van der Waals surface area contributed by atoms with Crippen LogP contribution in [0, 0.1) is 17.5 Å². The molecule has 0 saturated heterocycles. The highest BCUT2D eigenvalue weighted by Crippen LogP contribution is 2.26. The van der Waals surface area contributed by atoms with Crippen molar-refractivity contribution < 1.29 is 30.4 Å². The van der Waals surface area contributed by atoms with E-state index in [1.54, 1.807) is 12.1 Å². The van der Waals surface area contributed by atoms with Gasteiger partial charge in [-0.3, -0.25) is 0 Å². The molecule has 25 heavy (non-hydrogen) atoms. The van der Waals surface area contributed by atoms with Crippen LogP contribution in [0.15, 0.2) is 62.7 Å². The van der Waals surface area contributed by atoms with Gasteiger partial charge in [-0.25, -0.2) is 21.6 Å². The molecule has 1 aromatic carbocycles. The van der Waals surface area contributed by atoms with Crippen LogP contribution in [0.4, 0.5) is 13.2 Å². The molecule has 0 spiro atoms. The molecule has 0 amide bonds. The minimum Gasteiger partial charge on any atom is -0.468 e. The third kappa shape index (κ3) is 3.47. The van der Waals surface area contributed by atoms with Crippen molar-refractivity contribution in [2.75, 3.05) is 0 Å². The van der Waals surface area contributed by atoms with Gasteiger partial charge in [-0.05, 0) is 36.4 Å². The fraction of sp³-hybridized carbons (Fsp3) is 0.125. The molecule has 2 heterocycles. The second-order valence-corrected chi connectivity index (χ2v) is 7.01. The summed E-state index contributed by atoms with van der Waals surface area (Å²) in [5.41, 5.74) is 0. The molecular weight excluding hydrogens is 359 g/mol. The summed E-state index contributed by atoms with van der Waals surface area (Å²) in [7, 11) is -4.49. The monoisotopic (exact) mass is 371 g/mol. The molecule has 0 aliphatic rings. The van der Waals surface area contributed by atoms with Crippen LogP contribution in [0.3, 0.4) is 0 Å². The molecule has 0 aliphatic carbocycles. The molecule has 0 fully saturated rings. The van der Waals surface area contributed by atoms with E-state index in [4.69, 9.17) is 8.83 Å². The Morgan fingerprint density at radius 3 is 1.88 bits per heavy atom. The van der Waals surface area contributed by atoms with Crippen LogP contribution in [0.5, 0.6) is 0 Å². The molecule has 0 saturated carbocycles. The minimum absolute atomic E-state index is 0.242. The lowest BCUT2D eigenvalue weighted by atomic mass is 10.3. The molecule has 0 aliphatic heterocycles. The largest absolute Gasteiger partial charge is 0.468 e. The van der Waals surface area contributed by atoms with E-state index in [2.05, 4.69) is 0 Å². The molecular formula is C16H12F3NO4S. The Morgan fingerprint density at radius 2 is 1.40 bits per heavy atom. The fourth-order valence-electron chi connectivity index (χ4n) is 2.23. The van der Waals surface area contributed by atoms with Crippen LogP contribution < -0.4 is 0 Å². The van der Waals surface area contributed by atoms with Crippen molar-refractivity contribution in [3.05, 3.63) is 77.9 Å². The first kappa shape index (κ1) is 17.3.